The molecule has 2 fully saturated rings. The van der Waals surface area contributed by atoms with Gasteiger partial charge in [-0.15, -0.1) is 6.58 Å². The van der Waals surface area contributed by atoms with Crippen LogP contribution in [-0.2, 0) is 9.47 Å². The minimum atomic E-state index is -0.261. The Balaban J connectivity index is 1.76. The van der Waals surface area contributed by atoms with Gasteiger partial charge in [-0.3, -0.25) is 0 Å². The number of allylic oxidation sites excluding steroid dienone is 1. The molecule has 2 nitrogen and oxygen atoms in total. The Labute approximate surface area is 78.2 Å². The van der Waals surface area contributed by atoms with Crippen molar-refractivity contribution < 1.29 is 9.47 Å². The van der Waals surface area contributed by atoms with E-state index in [-0.39, 0.29) is 5.79 Å². The van der Waals surface area contributed by atoms with Crippen LogP contribution in [0.3, 0.4) is 0 Å². The van der Waals surface area contributed by atoms with E-state index in [0.29, 0.717) is 11.8 Å². The fraction of sp³-hybridized carbons (Fsp3) is 0.636. The molecule has 3 atom stereocenters. The van der Waals surface area contributed by atoms with Crippen LogP contribution in [-0.4, -0.2) is 5.79 Å². The van der Waals surface area contributed by atoms with E-state index in [0.717, 1.165) is 12.3 Å². The van der Waals surface area contributed by atoms with Gasteiger partial charge in [0.1, 0.15) is 12.5 Å². The average Bonchev–Trinajstić information content (AvgIpc) is 2.69. The van der Waals surface area contributed by atoms with Crippen LogP contribution in [0.2, 0.25) is 0 Å². The normalized spacial score (nSPS) is 43.5. The molecule has 0 amide bonds. The number of ether oxygens (including phenoxy) is 2. The molecular formula is C11H14O2. The highest BCUT2D eigenvalue weighted by Crippen LogP contribution is 2.59. The molecule has 0 saturated heterocycles. The van der Waals surface area contributed by atoms with Crippen molar-refractivity contribution in [1.82, 2.24) is 0 Å². The first kappa shape index (κ1) is 7.48. The first-order valence-corrected chi connectivity index (χ1v) is 4.97. The van der Waals surface area contributed by atoms with Crippen molar-refractivity contribution in [3.63, 3.8) is 0 Å². The van der Waals surface area contributed by atoms with E-state index in [9.17, 15) is 0 Å². The quantitative estimate of drug-likeness (QED) is 0.574. The molecule has 1 heterocycles. The molecule has 0 aromatic carbocycles. The van der Waals surface area contributed by atoms with E-state index in [2.05, 4.69) is 12.7 Å². The van der Waals surface area contributed by atoms with E-state index in [1.165, 1.54) is 12.8 Å². The molecule has 70 valence electrons. The molecule has 3 rings (SSSR count). The Morgan fingerprint density at radius 3 is 2.77 bits per heavy atom. The summed E-state index contributed by atoms with van der Waals surface area (Å²) in [5.74, 6) is 1.83. The molecule has 0 radical (unpaired) electrons. The molecule has 1 spiro atoms. The van der Waals surface area contributed by atoms with Gasteiger partial charge < -0.3 is 9.47 Å². The summed E-state index contributed by atoms with van der Waals surface area (Å²) in [6.45, 7) is 3.86. The maximum atomic E-state index is 5.55. The lowest BCUT2D eigenvalue weighted by Crippen LogP contribution is -2.52. The molecule has 0 aromatic rings. The first-order chi connectivity index (χ1) is 6.34. The number of fused-ring (bicyclic) bond motifs is 2. The minimum absolute atomic E-state index is 0.261. The van der Waals surface area contributed by atoms with E-state index >= 15 is 0 Å². The minimum Gasteiger partial charge on any atom is -0.456 e. The Morgan fingerprint density at radius 1 is 1.31 bits per heavy atom. The average molecular weight is 178 g/mol. The van der Waals surface area contributed by atoms with E-state index < -0.39 is 0 Å². The highest BCUT2D eigenvalue weighted by Gasteiger charge is 2.62. The molecule has 2 aliphatic carbocycles. The fourth-order valence-corrected chi connectivity index (χ4v) is 3.07. The Hall–Kier alpha value is -0.920. The fourth-order valence-electron chi connectivity index (χ4n) is 3.07. The third-order valence-corrected chi connectivity index (χ3v) is 3.77. The van der Waals surface area contributed by atoms with Crippen molar-refractivity contribution in [3.8, 4) is 0 Å². The molecule has 1 aliphatic heterocycles. The van der Waals surface area contributed by atoms with Crippen LogP contribution in [0, 0.1) is 17.8 Å². The molecule has 2 saturated carbocycles. The van der Waals surface area contributed by atoms with Crippen LogP contribution in [0.25, 0.3) is 0 Å². The highest BCUT2D eigenvalue weighted by molar-refractivity contribution is 5.09. The zero-order valence-corrected chi connectivity index (χ0v) is 7.61. The van der Waals surface area contributed by atoms with Crippen molar-refractivity contribution in [2.45, 2.75) is 25.0 Å². The van der Waals surface area contributed by atoms with Crippen LogP contribution >= 0.6 is 0 Å². The van der Waals surface area contributed by atoms with Gasteiger partial charge in [-0.25, -0.2) is 0 Å². The van der Waals surface area contributed by atoms with Crippen molar-refractivity contribution >= 4 is 0 Å². The second-order valence-electron chi connectivity index (χ2n) is 4.36. The lowest BCUT2D eigenvalue weighted by molar-refractivity contribution is -0.256. The van der Waals surface area contributed by atoms with Gasteiger partial charge in [-0.2, -0.15) is 0 Å². The summed E-state index contributed by atoms with van der Waals surface area (Å²) >= 11 is 0. The SMILES string of the molecule is C=C[C@@H]1C[C@@H]2CC3(OC=CO3)[C@@H]2C1. The van der Waals surface area contributed by atoms with Crippen LogP contribution < -0.4 is 0 Å². The summed E-state index contributed by atoms with van der Waals surface area (Å²) in [7, 11) is 0. The monoisotopic (exact) mass is 178 g/mol. The molecule has 0 unspecified atom stereocenters. The molecule has 3 aliphatic rings. The zero-order valence-electron chi connectivity index (χ0n) is 7.61. The van der Waals surface area contributed by atoms with Crippen molar-refractivity contribution in [2.24, 2.45) is 17.8 Å². The largest absolute Gasteiger partial charge is 0.456 e. The summed E-state index contributed by atoms with van der Waals surface area (Å²) in [4.78, 5) is 0. The molecule has 0 aromatic heterocycles. The summed E-state index contributed by atoms with van der Waals surface area (Å²) in [6.07, 6.45) is 8.97. The van der Waals surface area contributed by atoms with Gasteiger partial charge in [-0.1, -0.05) is 6.08 Å². The summed E-state index contributed by atoms with van der Waals surface area (Å²) in [6, 6.07) is 0. The molecule has 0 bridgehead atoms. The number of rotatable bonds is 1. The first-order valence-electron chi connectivity index (χ1n) is 4.97. The van der Waals surface area contributed by atoms with Gasteiger partial charge >= 0.3 is 0 Å². The predicted molar refractivity (Wildman–Crippen MR) is 48.6 cm³/mol. The number of hydrogen-bond donors (Lipinski definition) is 0. The van der Waals surface area contributed by atoms with Gasteiger partial charge in [0.15, 0.2) is 0 Å². The van der Waals surface area contributed by atoms with Gasteiger partial charge in [0.25, 0.3) is 5.79 Å². The van der Waals surface area contributed by atoms with E-state index in [1.54, 1.807) is 12.5 Å². The third kappa shape index (κ3) is 0.835. The van der Waals surface area contributed by atoms with Gasteiger partial charge in [0.2, 0.25) is 0 Å². The lowest BCUT2D eigenvalue weighted by Gasteiger charge is -2.47. The van der Waals surface area contributed by atoms with Crippen LogP contribution in [0.1, 0.15) is 19.3 Å². The van der Waals surface area contributed by atoms with Crippen molar-refractivity contribution in [2.75, 3.05) is 0 Å². The Morgan fingerprint density at radius 2 is 2.08 bits per heavy atom. The standard InChI is InChI=1S/C11H14O2/c1-2-8-5-9-7-11(10(9)6-8)12-3-4-13-11/h2-4,8-10H,1,5-7H2/t8-,9-,10-/m1/s1. The van der Waals surface area contributed by atoms with E-state index in [1.807, 2.05) is 0 Å². The molecule has 13 heavy (non-hydrogen) atoms. The molecular weight excluding hydrogens is 164 g/mol. The Bertz CT molecular complexity index is 261. The highest BCUT2D eigenvalue weighted by atomic mass is 16.7. The predicted octanol–water partition coefficient (Wildman–Crippen LogP) is 2.43. The van der Waals surface area contributed by atoms with Crippen LogP contribution in [0.4, 0.5) is 0 Å². The number of hydrogen-bond acceptors (Lipinski definition) is 2. The molecule has 0 N–H and O–H groups in total. The van der Waals surface area contributed by atoms with Crippen LogP contribution in [0.15, 0.2) is 25.2 Å². The van der Waals surface area contributed by atoms with Crippen molar-refractivity contribution in [3.05, 3.63) is 25.2 Å². The smallest absolute Gasteiger partial charge is 0.253 e. The topological polar surface area (TPSA) is 18.5 Å². The summed E-state index contributed by atoms with van der Waals surface area (Å²) in [5.41, 5.74) is 0. The molecule has 2 heteroatoms. The lowest BCUT2D eigenvalue weighted by atomic mass is 9.70. The third-order valence-electron chi connectivity index (χ3n) is 3.77. The Kier molecular flexibility index (Phi) is 1.33. The van der Waals surface area contributed by atoms with E-state index in [4.69, 9.17) is 9.47 Å². The second kappa shape index (κ2) is 2.31. The van der Waals surface area contributed by atoms with Gasteiger partial charge in [-0.05, 0) is 24.7 Å². The van der Waals surface area contributed by atoms with Gasteiger partial charge in [0, 0.05) is 12.3 Å². The summed E-state index contributed by atoms with van der Waals surface area (Å²) < 4.78 is 11.1. The zero-order chi connectivity index (χ0) is 8.89. The van der Waals surface area contributed by atoms with Gasteiger partial charge in [0.05, 0.1) is 0 Å². The van der Waals surface area contributed by atoms with Crippen molar-refractivity contribution in [1.29, 1.82) is 0 Å². The maximum absolute atomic E-state index is 5.55. The second-order valence-corrected chi connectivity index (χ2v) is 4.36. The van der Waals surface area contributed by atoms with Crippen LogP contribution in [0.5, 0.6) is 0 Å². The maximum Gasteiger partial charge on any atom is 0.253 e. The summed E-state index contributed by atoms with van der Waals surface area (Å²) in [5, 5.41) is 0.